The number of carbonyl (C=O) groups excluding carboxylic acids is 1. The van der Waals surface area contributed by atoms with Gasteiger partial charge in [-0.05, 0) is 25.0 Å². The summed E-state index contributed by atoms with van der Waals surface area (Å²) in [6.45, 7) is 0.734. The number of ether oxygens (including phenoxy) is 1. The molecule has 1 aliphatic carbocycles. The van der Waals surface area contributed by atoms with Gasteiger partial charge in [-0.1, -0.05) is 12.2 Å². The lowest BCUT2D eigenvalue weighted by Gasteiger charge is -2.23. The Labute approximate surface area is 117 Å². The van der Waals surface area contributed by atoms with Gasteiger partial charge in [-0.2, -0.15) is 0 Å². The quantitative estimate of drug-likeness (QED) is 0.629. The number of nitrogens with two attached hydrogens (primary N) is 1. The average molecular weight is 279 g/mol. The van der Waals surface area contributed by atoms with Gasteiger partial charge in [0.05, 0.1) is 17.7 Å². The number of rotatable bonds is 6. The molecule has 102 valence electrons. The number of aromatic nitrogens is 1. The maximum Gasteiger partial charge on any atom is 0.338 e. The number of hydrogen-bond acceptors (Lipinski definition) is 5. The summed E-state index contributed by atoms with van der Waals surface area (Å²) < 4.78 is 4.72. The lowest BCUT2D eigenvalue weighted by atomic mass is 10.2. The van der Waals surface area contributed by atoms with Gasteiger partial charge in [0, 0.05) is 25.2 Å². The summed E-state index contributed by atoms with van der Waals surface area (Å²) in [6.07, 6.45) is 4.55. The third kappa shape index (κ3) is 3.64. The zero-order chi connectivity index (χ0) is 13.8. The van der Waals surface area contributed by atoms with Crippen molar-refractivity contribution < 1.29 is 9.53 Å². The molecule has 0 spiro atoms. The minimum Gasteiger partial charge on any atom is -0.465 e. The minimum atomic E-state index is -0.353. The Kier molecular flexibility index (Phi) is 4.31. The lowest BCUT2D eigenvalue weighted by Crippen LogP contribution is -2.30. The standard InChI is InChI=1S/C13H17N3O2S/c1-18-13(17)9-4-6-15-12(8-9)16(10-2-3-10)7-5-11(14)19/h4,6,8,10H,2-3,5,7H2,1H3,(H2,14,19). The zero-order valence-electron chi connectivity index (χ0n) is 10.8. The van der Waals surface area contributed by atoms with E-state index in [1.54, 1.807) is 18.3 Å². The molecule has 0 aromatic carbocycles. The van der Waals surface area contributed by atoms with Crippen LogP contribution >= 0.6 is 12.2 Å². The van der Waals surface area contributed by atoms with Crippen molar-refractivity contribution in [1.29, 1.82) is 0 Å². The second-order valence-corrected chi connectivity index (χ2v) is 5.06. The summed E-state index contributed by atoms with van der Waals surface area (Å²) in [4.78, 5) is 18.5. The Morgan fingerprint density at radius 2 is 2.37 bits per heavy atom. The second kappa shape index (κ2) is 5.97. The highest BCUT2D eigenvalue weighted by atomic mass is 32.1. The van der Waals surface area contributed by atoms with E-state index in [-0.39, 0.29) is 5.97 Å². The predicted octanol–water partition coefficient (Wildman–Crippen LogP) is 1.51. The SMILES string of the molecule is COC(=O)c1ccnc(N(CCC(N)=S)C2CC2)c1. The van der Waals surface area contributed by atoms with Crippen LogP contribution < -0.4 is 10.6 Å². The Morgan fingerprint density at radius 1 is 1.63 bits per heavy atom. The normalized spacial score (nSPS) is 13.9. The number of carbonyl (C=O) groups is 1. The number of nitrogens with zero attached hydrogens (tertiary/aromatic N) is 2. The summed E-state index contributed by atoms with van der Waals surface area (Å²) in [5.41, 5.74) is 6.06. The number of pyridine rings is 1. The first-order chi connectivity index (χ1) is 9.11. The van der Waals surface area contributed by atoms with Crippen molar-refractivity contribution in [2.24, 2.45) is 5.73 Å². The van der Waals surface area contributed by atoms with Crippen molar-refractivity contribution in [3.8, 4) is 0 Å². The van der Waals surface area contributed by atoms with Gasteiger partial charge in [0.25, 0.3) is 0 Å². The van der Waals surface area contributed by atoms with E-state index in [2.05, 4.69) is 9.88 Å². The highest BCUT2D eigenvalue weighted by molar-refractivity contribution is 7.80. The van der Waals surface area contributed by atoms with Gasteiger partial charge >= 0.3 is 5.97 Å². The van der Waals surface area contributed by atoms with E-state index in [0.29, 0.717) is 23.0 Å². The fourth-order valence-electron chi connectivity index (χ4n) is 1.92. The highest BCUT2D eigenvalue weighted by Gasteiger charge is 2.30. The van der Waals surface area contributed by atoms with Crippen LogP contribution in [0.3, 0.4) is 0 Å². The van der Waals surface area contributed by atoms with Crippen molar-refractivity contribution in [2.75, 3.05) is 18.6 Å². The van der Waals surface area contributed by atoms with Gasteiger partial charge in [-0.25, -0.2) is 9.78 Å². The van der Waals surface area contributed by atoms with Crippen LogP contribution in [-0.4, -0.2) is 35.6 Å². The number of anilines is 1. The van der Waals surface area contributed by atoms with Crippen LogP contribution in [0.1, 0.15) is 29.6 Å². The molecule has 5 nitrogen and oxygen atoms in total. The van der Waals surface area contributed by atoms with Gasteiger partial charge in [0.1, 0.15) is 5.82 Å². The average Bonchev–Trinajstić information content (AvgIpc) is 3.23. The number of thiocarbonyl (C=S) groups is 1. The number of hydrogen-bond donors (Lipinski definition) is 1. The Balaban J connectivity index is 2.16. The molecule has 1 aliphatic rings. The summed E-state index contributed by atoms with van der Waals surface area (Å²) in [5.74, 6) is 0.426. The molecular formula is C13H17N3O2S. The van der Waals surface area contributed by atoms with Gasteiger partial charge in [0.15, 0.2) is 0 Å². The fourth-order valence-corrected chi connectivity index (χ4v) is 2.01. The predicted molar refractivity (Wildman–Crippen MR) is 77.3 cm³/mol. The van der Waals surface area contributed by atoms with E-state index in [0.717, 1.165) is 25.2 Å². The van der Waals surface area contributed by atoms with E-state index >= 15 is 0 Å². The molecule has 0 atom stereocenters. The molecule has 2 N–H and O–H groups in total. The molecule has 0 saturated heterocycles. The second-order valence-electron chi connectivity index (χ2n) is 4.54. The molecule has 0 unspecified atom stereocenters. The zero-order valence-corrected chi connectivity index (χ0v) is 11.7. The lowest BCUT2D eigenvalue weighted by molar-refractivity contribution is 0.0600. The number of methoxy groups -OCH3 is 1. The van der Waals surface area contributed by atoms with E-state index in [4.69, 9.17) is 22.7 Å². The maximum absolute atomic E-state index is 11.5. The molecule has 0 radical (unpaired) electrons. The monoisotopic (exact) mass is 279 g/mol. The van der Waals surface area contributed by atoms with Crippen molar-refractivity contribution in [1.82, 2.24) is 4.98 Å². The molecule has 1 aromatic heterocycles. The Hall–Kier alpha value is -1.69. The fraction of sp³-hybridized carbons (Fsp3) is 0.462. The minimum absolute atomic E-state index is 0.353. The molecule has 1 aromatic rings. The first-order valence-corrected chi connectivity index (χ1v) is 6.62. The summed E-state index contributed by atoms with van der Waals surface area (Å²) in [6, 6.07) is 3.88. The van der Waals surface area contributed by atoms with Gasteiger partial charge in [0.2, 0.25) is 0 Å². The van der Waals surface area contributed by atoms with Gasteiger partial charge in [-0.15, -0.1) is 0 Å². The van der Waals surface area contributed by atoms with Crippen LogP contribution in [0.15, 0.2) is 18.3 Å². The van der Waals surface area contributed by atoms with Crippen LogP contribution in [0.4, 0.5) is 5.82 Å². The van der Waals surface area contributed by atoms with Crippen LogP contribution in [0, 0.1) is 0 Å². The van der Waals surface area contributed by atoms with Gasteiger partial charge in [-0.3, -0.25) is 0 Å². The topological polar surface area (TPSA) is 68.5 Å². The molecule has 2 rings (SSSR count). The van der Waals surface area contributed by atoms with E-state index < -0.39 is 0 Å². The third-order valence-electron chi connectivity index (χ3n) is 3.05. The first-order valence-electron chi connectivity index (χ1n) is 6.21. The summed E-state index contributed by atoms with van der Waals surface area (Å²) in [5, 5.41) is 0. The van der Waals surface area contributed by atoms with E-state index in [1.807, 2.05) is 0 Å². The van der Waals surface area contributed by atoms with E-state index in [9.17, 15) is 4.79 Å². The van der Waals surface area contributed by atoms with Crippen molar-refractivity contribution in [3.05, 3.63) is 23.9 Å². The Bertz CT molecular complexity index is 489. The molecular weight excluding hydrogens is 262 g/mol. The van der Waals surface area contributed by atoms with Crippen molar-refractivity contribution in [3.63, 3.8) is 0 Å². The Morgan fingerprint density at radius 3 is 2.95 bits per heavy atom. The summed E-state index contributed by atoms with van der Waals surface area (Å²) >= 11 is 4.91. The van der Waals surface area contributed by atoms with Crippen LogP contribution in [0.5, 0.6) is 0 Å². The van der Waals surface area contributed by atoms with Crippen LogP contribution in [0.2, 0.25) is 0 Å². The molecule has 0 aliphatic heterocycles. The van der Waals surface area contributed by atoms with Crippen molar-refractivity contribution >= 4 is 29.0 Å². The molecule has 1 saturated carbocycles. The maximum atomic E-state index is 11.5. The molecule has 1 heterocycles. The largest absolute Gasteiger partial charge is 0.465 e. The molecule has 1 fully saturated rings. The van der Waals surface area contributed by atoms with Gasteiger partial charge < -0.3 is 15.4 Å². The van der Waals surface area contributed by atoms with Crippen LogP contribution in [-0.2, 0) is 4.74 Å². The molecule has 0 bridgehead atoms. The summed E-state index contributed by atoms with van der Waals surface area (Å²) in [7, 11) is 1.37. The van der Waals surface area contributed by atoms with Crippen molar-refractivity contribution in [2.45, 2.75) is 25.3 Å². The van der Waals surface area contributed by atoms with E-state index in [1.165, 1.54) is 7.11 Å². The highest BCUT2D eigenvalue weighted by Crippen LogP contribution is 2.31. The molecule has 0 amide bonds. The smallest absolute Gasteiger partial charge is 0.338 e. The third-order valence-corrected chi connectivity index (χ3v) is 3.25. The first kappa shape index (κ1) is 13.7. The molecule has 6 heteroatoms. The van der Waals surface area contributed by atoms with Crippen LogP contribution in [0.25, 0.3) is 0 Å². The number of esters is 1. The molecule has 19 heavy (non-hydrogen) atoms.